The van der Waals surface area contributed by atoms with Crippen molar-refractivity contribution in [1.29, 1.82) is 0 Å². The molecule has 5 heteroatoms. The van der Waals surface area contributed by atoms with E-state index in [1.165, 1.54) is 16.7 Å². The Balaban J connectivity index is 0.00000338. The highest BCUT2D eigenvalue weighted by atomic mass is 127. The number of nitrogens with zero attached hydrogens (tertiary/aromatic N) is 2. The van der Waals surface area contributed by atoms with Gasteiger partial charge in [0, 0.05) is 12.2 Å². The third-order valence-electron chi connectivity index (χ3n) is 4.36. The highest BCUT2D eigenvalue weighted by Crippen LogP contribution is 2.11. The van der Waals surface area contributed by atoms with E-state index in [0.717, 1.165) is 31.7 Å². The number of hydrogen-bond donors (Lipinski definition) is 2. The van der Waals surface area contributed by atoms with Crippen molar-refractivity contribution < 1.29 is 0 Å². The lowest BCUT2D eigenvalue weighted by Crippen LogP contribution is -2.23. The van der Waals surface area contributed by atoms with Crippen molar-refractivity contribution in [2.75, 3.05) is 18.4 Å². The second kappa shape index (κ2) is 11.9. The summed E-state index contributed by atoms with van der Waals surface area (Å²) in [4.78, 5) is 6.86. The Morgan fingerprint density at radius 1 is 0.962 bits per heavy atom. The van der Waals surface area contributed by atoms with E-state index in [1.54, 1.807) is 0 Å². The van der Waals surface area contributed by atoms with Crippen molar-refractivity contribution in [3.05, 3.63) is 65.2 Å². The van der Waals surface area contributed by atoms with Gasteiger partial charge in [-0.1, -0.05) is 57.2 Å². The molecule has 0 bridgehead atoms. The topological polar surface area (TPSA) is 53.6 Å². The Morgan fingerprint density at radius 3 is 2.23 bits per heavy atom. The molecule has 0 saturated carbocycles. The van der Waals surface area contributed by atoms with Crippen LogP contribution in [0.4, 0.5) is 5.69 Å². The Hall–Kier alpha value is -1.60. The van der Waals surface area contributed by atoms with Crippen molar-refractivity contribution in [3.63, 3.8) is 0 Å². The van der Waals surface area contributed by atoms with Crippen LogP contribution in [0.2, 0.25) is 0 Å². The van der Waals surface area contributed by atoms with E-state index in [9.17, 15) is 0 Å². The van der Waals surface area contributed by atoms with Crippen LogP contribution in [0.3, 0.4) is 0 Å². The van der Waals surface area contributed by atoms with Crippen LogP contribution in [-0.2, 0) is 19.5 Å². The standard InChI is InChI=1S/C21H30N4.HI/c1-4-17-10-12-20(13-11-17)24-21(22)23-15-18-8-7-9-19(14-18)16-25(5-2)6-3;/h7-14H,4-6,15-16H2,1-3H3,(H3,22,23,24);1H. The summed E-state index contributed by atoms with van der Waals surface area (Å²) in [5.41, 5.74) is 10.8. The molecule has 2 aromatic carbocycles. The minimum atomic E-state index is 0. The number of aliphatic imine (C=N–C) groups is 1. The van der Waals surface area contributed by atoms with Gasteiger partial charge in [0.15, 0.2) is 5.96 Å². The minimum Gasteiger partial charge on any atom is -0.370 e. The zero-order chi connectivity index (χ0) is 18.1. The Morgan fingerprint density at radius 2 is 1.62 bits per heavy atom. The maximum atomic E-state index is 6.02. The number of guanidine groups is 1. The average molecular weight is 466 g/mol. The molecule has 0 heterocycles. The third-order valence-corrected chi connectivity index (χ3v) is 4.36. The second-order valence-electron chi connectivity index (χ2n) is 6.16. The van der Waals surface area contributed by atoms with Crippen LogP contribution < -0.4 is 11.1 Å². The molecule has 2 aromatic rings. The summed E-state index contributed by atoms with van der Waals surface area (Å²) in [5.74, 6) is 0.443. The van der Waals surface area contributed by atoms with Gasteiger partial charge in [-0.25, -0.2) is 4.99 Å². The predicted molar refractivity (Wildman–Crippen MR) is 123 cm³/mol. The Labute approximate surface area is 174 Å². The van der Waals surface area contributed by atoms with Gasteiger partial charge < -0.3 is 11.1 Å². The van der Waals surface area contributed by atoms with Gasteiger partial charge in [0.2, 0.25) is 0 Å². The highest BCUT2D eigenvalue weighted by molar-refractivity contribution is 14.0. The molecule has 142 valence electrons. The molecule has 0 aliphatic rings. The molecule has 2 rings (SSSR count). The Bertz CT molecular complexity index is 679. The average Bonchev–Trinajstić information content (AvgIpc) is 2.65. The summed E-state index contributed by atoms with van der Waals surface area (Å²) in [7, 11) is 0. The molecule has 0 aliphatic heterocycles. The van der Waals surface area contributed by atoms with Crippen molar-refractivity contribution in [2.45, 2.75) is 40.3 Å². The van der Waals surface area contributed by atoms with Gasteiger partial charge in [-0.2, -0.15) is 0 Å². The van der Waals surface area contributed by atoms with Gasteiger partial charge in [-0.05, 0) is 48.3 Å². The first-order valence-electron chi connectivity index (χ1n) is 9.10. The van der Waals surface area contributed by atoms with Crippen molar-refractivity contribution >= 4 is 35.6 Å². The lowest BCUT2D eigenvalue weighted by Gasteiger charge is -2.18. The number of anilines is 1. The van der Waals surface area contributed by atoms with Crippen LogP contribution in [0.5, 0.6) is 0 Å². The molecule has 0 atom stereocenters. The smallest absolute Gasteiger partial charge is 0.193 e. The molecule has 26 heavy (non-hydrogen) atoms. The summed E-state index contributed by atoms with van der Waals surface area (Å²) in [5, 5.41) is 3.15. The molecular formula is C21H31IN4. The summed E-state index contributed by atoms with van der Waals surface area (Å²) in [6, 6.07) is 16.8. The van der Waals surface area contributed by atoms with Crippen LogP contribution in [0.25, 0.3) is 0 Å². The van der Waals surface area contributed by atoms with E-state index in [2.05, 4.69) is 72.4 Å². The number of benzene rings is 2. The Kier molecular flexibility index (Phi) is 10.3. The molecule has 0 spiro atoms. The van der Waals surface area contributed by atoms with Gasteiger partial charge >= 0.3 is 0 Å². The number of hydrogen-bond acceptors (Lipinski definition) is 2. The van der Waals surface area contributed by atoms with E-state index in [1.807, 2.05) is 12.1 Å². The van der Waals surface area contributed by atoms with Gasteiger partial charge in [0.1, 0.15) is 0 Å². The third kappa shape index (κ3) is 7.33. The second-order valence-corrected chi connectivity index (χ2v) is 6.16. The highest BCUT2D eigenvalue weighted by Gasteiger charge is 2.02. The zero-order valence-corrected chi connectivity index (χ0v) is 18.4. The fourth-order valence-electron chi connectivity index (χ4n) is 2.72. The molecule has 0 unspecified atom stereocenters. The van der Waals surface area contributed by atoms with Gasteiger partial charge in [0.25, 0.3) is 0 Å². The van der Waals surface area contributed by atoms with Crippen molar-refractivity contribution in [1.82, 2.24) is 4.90 Å². The number of aryl methyl sites for hydroxylation is 1. The molecular weight excluding hydrogens is 435 g/mol. The fourth-order valence-corrected chi connectivity index (χ4v) is 2.72. The molecule has 0 fully saturated rings. The lowest BCUT2D eigenvalue weighted by molar-refractivity contribution is 0.296. The predicted octanol–water partition coefficient (Wildman–Crippen LogP) is 4.64. The first kappa shape index (κ1) is 22.4. The van der Waals surface area contributed by atoms with E-state index < -0.39 is 0 Å². The molecule has 0 saturated heterocycles. The fraction of sp³-hybridized carbons (Fsp3) is 0.381. The van der Waals surface area contributed by atoms with Crippen LogP contribution in [0.1, 0.15) is 37.5 Å². The largest absolute Gasteiger partial charge is 0.370 e. The lowest BCUT2D eigenvalue weighted by atomic mass is 10.1. The molecule has 3 N–H and O–H groups in total. The SMILES string of the molecule is CCc1ccc(NC(N)=NCc2cccc(CN(CC)CC)c2)cc1.I. The normalized spacial score (nSPS) is 11.3. The molecule has 0 aliphatic carbocycles. The minimum absolute atomic E-state index is 0. The number of nitrogens with two attached hydrogens (primary N) is 1. The summed E-state index contributed by atoms with van der Waals surface area (Å²) >= 11 is 0. The van der Waals surface area contributed by atoms with Crippen LogP contribution in [-0.4, -0.2) is 23.9 Å². The van der Waals surface area contributed by atoms with Crippen LogP contribution in [0, 0.1) is 0 Å². The summed E-state index contributed by atoms with van der Waals surface area (Å²) in [6.07, 6.45) is 1.04. The van der Waals surface area contributed by atoms with Gasteiger partial charge in [-0.3, -0.25) is 4.90 Å². The summed E-state index contributed by atoms with van der Waals surface area (Å²) in [6.45, 7) is 10.2. The summed E-state index contributed by atoms with van der Waals surface area (Å²) < 4.78 is 0. The van der Waals surface area contributed by atoms with Crippen molar-refractivity contribution in [3.8, 4) is 0 Å². The van der Waals surface area contributed by atoms with Gasteiger partial charge in [0.05, 0.1) is 6.54 Å². The first-order valence-corrected chi connectivity index (χ1v) is 9.10. The molecule has 0 aromatic heterocycles. The van der Waals surface area contributed by atoms with Gasteiger partial charge in [-0.15, -0.1) is 24.0 Å². The van der Waals surface area contributed by atoms with E-state index in [4.69, 9.17) is 5.73 Å². The number of nitrogens with one attached hydrogen (secondary N) is 1. The maximum absolute atomic E-state index is 6.02. The quantitative estimate of drug-likeness (QED) is 0.339. The molecule has 0 amide bonds. The van der Waals surface area contributed by atoms with E-state index in [0.29, 0.717) is 12.5 Å². The number of rotatable bonds is 8. The molecule has 4 nitrogen and oxygen atoms in total. The number of halogens is 1. The van der Waals surface area contributed by atoms with Crippen LogP contribution in [0.15, 0.2) is 53.5 Å². The van der Waals surface area contributed by atoms with E-state index >= 15 is 0 Å². The maximum Gasteiger partial charge on any atom is 0.193 e. The monoisotopic (exact) mass is 466 g/mol. The van der Waals surface area contributed by atoms with E-state index in [-0.39, 0.29) is 24.0 Å². The van der Waals surface area contributed by atoms with Crippen molar-refractivity contribution in [2.24, 2.45) is 10.7 Å². The van der Waals surface area contributed by atoms with Crippen LogP contribution >= 0.6 is 24.0 Å². The molecule has 0 radical (unpaired) electrons. The first-order chi connectivity index (χ1) is 12.1. The zero-order valence-electron chi connectivity index (χ0n) is 16.0.